The van der Waals surface area contributed by atoms with Crippen molar-refractivity contribution in [3.63, 3.8) is 0 Å². The van der Waals surface area contributed by atoms with E-state index in [2.05, 4.69) is 0 Å². The second-order valence-electron chi connectivity index (χ2n) is 7.52. The lowest BCUT2D eigenvalue weighted by Crippen LogP contribution is -2.23. The highest BCUT2D eigenvalue weighted by atomic mass is 16.6. The van der Waals surface area contributed by atoms with Gasteiger partial charge in [0, 0.05) is 24.0 Å². The minimum absolute atomic E-state index is 0.303. The monoisotopic (exact) mass is 434 g/mol. The Morgan fingerprint density at radius 2 is 1.03 bits per heavy atom. The van der Waals surface area contributed by atoms with E-state index in [9.17, 15) is 20.4 Å². The van der Waals surface area contributed by atoms with E-state index in [4.69, 9.17) is 14.2 Å². The first-order valence-electron chi connectivity index (χ1n) is 10.6. The molecule has 0 bridgehead atoms. The van der Waals surface area contributed by atoms with E-state index in [1.807, 2.05) is 12.1 Å². The molecule has 31 heavy (non-hydrogen) atoms. The molecule has 2 aliphatic heterocycles. The van der Waals surface area contributed by atoms with Gasteiger partial charge in [-0.1, -0.05) is 74.5 Å². The van der Waals surface area contributed by atoms with Crippen LogP contribution in [0.4, 0.5) is 0 Å². The summed E-state index contributed by atoms with van der Waals surface area (Å²) in [6.07, 6.45) is 1.39. The van der Waals surface area contributed by atoms with Crippen molar-refractivity contribution in [2.75, 3.05) is 26.4 Å². The summed E-state index contributed by atoms with van der Waals surface area (Å²) in [5.41, 5.74) is 1.09. The van der Waals surface area contributed by atoms with Crippen molar-refractivity contribution in [2.45, 2.75) is 50.5 Å². The molecule has 0 spiro atoms. The number of benzene rings is 2. The first-order chi connectivity index (χ1) is 14.8. The second kappa shape index (κ2) is 12.3. The Labute approximate surface area is 183 Å². The Kier molecular flexibility index (Phi) is 10.1. The fourth-order valence-electron chi connectivity index (χ4n) is 2.48. The lowest BCUT2D eigenvalue weighted by Gasteiger charge is -2.19. The SMILES string of the molecule is C(OCC1CO1)C1CO1.CCC(O)(O)c1ccccc1.CCC(O)(O)c1ccccc1. The van der Waals surface area contributed by atoms with Crippen LogP contribution in [0.15, 0.2) is 60.7 Å². The third-order valence-electron chi connectivity index (χ3n) is 4.87. The minimum atomic E-state index is -1.67. The van der Waals surface area contributed by atoms with Crippen LogP contribution in [-0.4, -0.2) is 59.1 Å². The molecule has 2 aromatic carbocycles. The molecule has 2 atom stereocenters. The minimum Gasteiger partial charge on any atom is -0.376 e. The van der Waals surface area contributed by atoms with Crippen LogP contribution in [0.5, 0.6) is 0 Å². The molecule has 2 heterocycles. The summed E-state index contributed by atoms with van der Waals surface area (Å²) in [5, 5.41) is 37.4. The van der Waals surface area contributed by atoms with Crippen molar-refractivity contribution in [3.8, 4) is 0 Å². The molecule has 2 aromatic rings. The van der Waals surface area contributed by atoms with Crippen molar-refractivity contribution < 1.29 is 34.6 Å². The maximum absolute atomic E-state index is 9.35. The van der Waals surface area contributed by atoms with Crippen LogP contribution in [0, 0.1) is 0 Å². The van der Waals surface area contributed by atoms with Crippen LogP contribution in [0.1, 0.15) is 37.8 Å². The quantitative estimate of drug-likeness (QED) is 0.372. The number of epoxide rings is 2. The second-order valence-corrected chi connectivity index (χ2v) is 7.52. The van der Waals surface area contributed by atoms with E-state index in [-0.39, 0.29) is 0 Å². The summed E-state index contributed by atoms with van der Waals surface area (Å²) in [7, 11) is 0. The summed E-state index contributed by atoms with van der Waals surface area (Å²) >= 11 is 0. The first kappa shape index (κ1) is 25.4. The summed E-state index contributed by atoms with van der Waals surface area (Å²) in [5.74, 6) is -3.33. The van der Waals surface area contributed by atoms with Gasteiger partial charge < -0.3 is 34.6 Å². The molecule has 0 aliphatic carbocycles. The Morgan fingerprint density at radius 1 is 0.710 bits per heavy atom. The van der Waals surface area contributed by atoms with E-state index in [1.54, 1.807) is 62.4 Å². The van der Waals surface area contributed by atoms with Crippen molar-refractivity contribution in [3.05, 3.63) is 71.8 Å². The normalized spacial score (nSPS) is 19.4. The first-order valence-corrected chi connectivity index (χ1v) is 10.6. The maximum Gasteiger partial charge on any atom is 0.189 e. The van der Waals surface area contributed by atoms with Gasteiger partial charge in [-0.15, -0.1) is 0 Å². The zero-order chi connectivity index (χ0) is 22.7. The molecule has 4 rings (SSSR count). The Hall–Kier alpha value is -1.84. The van der Waals surface area contributed by atoms with Crippen molar-refractivity contribution in [1.29, 1.82) is 0 Å². The van der Waals surface area contributed by atoms with E-state index in [1.165, 1.54) is 0 Å². The summed E-state index contributed by atoms with van der Waals surface area (Å²) < 4.78 is 15.1. The molecule has 0 aromatic heterocycles. The summed E-state index contributed by atoms with van der Waals surface area (Å²) in [6.45, 7) is 6.72. The number of ether oxygens (including phenoxy) is 3. The molecule has 7 nitrogen and oxygen atoms in total. The molecule has 0 radical (unpaired) electrons. The third-order valence-corrected chi connectivity index (χ3v) is 4.87. The van der Waals surface area contributed by atoms with Crippen LogP contribution in [0.3, 0.4) is 0 Å². The van der Waals surface area contributed by atoms with Gasteiger partial charge >= 0.3 is 0 Å². The lowest BCUT2D eigenvalue weighted by molar-refractivity contribution is -0.171. The molecule has 4 N–H and O–H groups in total. The van der Waals surface area contributed by atoms with Crippen molar-refractivity contribution in [1.82, 2.24) is 0 Å². The van der Waals surface area contributed by atoms with E-state index >= 15 is 0 Å². The molecule has 2 fully saturated rings. The Balaban J connectivity index is 0.000000166. The van der Waals surface area contributed by atoms with Crippen molar-refractivity contribution >= 4 is 0 Å². The molecule has 2 unspecified atom stereocenters. The van der Waals surface area contributed by atoms with Gasteiger partial charge in [-0.3, -0.25) is 0 Å². The van der Waals surface area contributed by atoms with Crippen molar-refractivity contribution in [2.24, 2.45) is 0 Å². The fraction of sp³-hybridized carbons (Fsp3) is 0.500. The van der Waals surface area contributed by atoms with Gasteiger partial charge in [-0.05, 0) is 0 Å². The van der Waals surface area contributed by atoms with Gasteiger partial charge in [0.2, 0.25) is 0 Å². The van der Waals surface area contributed by atoms with Crippen LogP contribution in [-0.2, 0) is 25.8 Å². The maximum atomic E-state index is 9.35. The van der Waals surface area contributed by atoms with Gasteiger partial charge in [0.15, 0.2) is 11.6 Å². The van der Waals surface area contributed by atoms with Crippen LogP contribution >= 0.6 is 0 Å². The highest BCUT2D eigenvalue weighted by Gasteiger charge is 2.26. The van der Waals surface area contributed by atoms with E-state index < -0.39 is 11.6 Å². The summed E-state index contributed by atoms with van der Waals surface area (Å²) in [6, 6.07) is 17.6. The molecule has 0 amide bonds. The Morgan fingerprint density at radius 3 is 1.29 bits per heavy atom. The predicted molar refractivity (Wildman–Crippen MR) is 116 cm³/mol. The molecule has 2 aliphatic rings. The molecule has 7 heteroatoms. The van der Waals surface area contributed by atoms with Gasteiger partial charge in [0.05, 0.1) is 26.4 Å². The molecular weight excluding hydrogens is 400 g/mol. The standard InChI is InChI=1S/2C9H12O2.C6H10O3/c2*1-2-9(10,11)8-6-4-3-5-7-8;1(5-3-8-5)7-2-6-4-9-6/h2*3-7,10-11H,2H2,1H3;5-6H,1-4H2. The highest BCUT2D eigenvalue weighted by molar-refractivity contribution is 5.19. The molecule has 0 saturated carbocycles. The Bertz CT molecular complexity index is 663. The van der Waals surface area contributed by atoms with Gasteiger partial charge in [0.1, 0.15) is 12.2 Å². The summed E-state index contributed by atoms with van der Waals surface area (Å²) in [4.78, 5) is 0. The van der Waals surface area contributed by atoms with Gasteiger partial charge in [-0.25, -0.2) is 0 Å². The molecule has 172 valence electrons. The zero-order valence-corrected chi connectivity index (χ0v) is 18.2. The number of hydrogen-bond donors (Lipinski definition) is 4. The van der Waals surface area contributed by atoms with Crippen LogP contribution in [0.2, 0.25) is 0 Å². The topological polar surface area (TPSA) is 115 Å². The number of hydrogen-bond acceptors (Lipinski definition) is 7. The predicted octanol–water partition coefficient (Wildman–Crippen LogP) is 2.27. The average molecular weight is 435 g/mol. The zero-order valence-electron chi connectivity index (χ0n) is 18.2. The average Bonchev–Trinajstić information content (AvgIpc) is 3.72. The molecular formula is C24H34O7. The third kappa shape index (κ3) is 9.88. The fourth-order valence-corrected chi connectivity index (χ4v) is 2.48. The smallest absolute Gasteiger partial charge is 0.189 e. The van der Waals surface area contributed by atoms with Gasteiger partial charge in [0.25, 0.3) is 0 Å². The highest BCUT2D eigenvalue weighted by Crippen LogP contribution is 2.21. The largest absolute Gasteiger partial charge is 0.376 e. The van der Waals surface area contributed by atoms with Gasteiger partial charge in [-0.2, -0.15) is 0 Å². The lowest BCUT2D eigenvalue weighted by atomic mass is 10.0. The van der Waals surface area contributed by atoms with Crippen LogP contribution < -0.4 is 0 Å². The number of rotatable bonds is 8. The van der Waals surface area contributed by atoms with E-state index in [0.29, 0.717) is 36.2 Å². The van der Waals surface area contributed by atoms with E-state index in [0.717, 1.165) is 26.4 Å². The number of aliphatic hydroxyl groups is 4. The van der Waals surface area contributed by atoms with Crippen LogP contribution in [0.25, 0.3) is 0 Å². The molecule has 2 saturated heterocycles.